The molecule has 0 radical (unpaired) electrons. The predicted molar refractivity (Wildman–Crippen MR) is 51.1 cm³/mol. The third kappa shape index (κ3) is 2.76. The molecular weight excluding hydrogens is 150 g/mol. The van der Waals surface area contributed by atoms with Gasteiger partial charge in [-0.2, -0.15) is 0 Å². The maximum atomic E-state index is 10.1. The number of nitrogens with one attached hydrogen (secondary N) is 1. The fourth-order valence-corrected chi connectivity index (χ4v) is 1.89. The minimum absolute atomic E-state index is 0.360. The second-order valence-corrected chi connectivity index (χ2v) is 4.19. The van der Waals surface area contributed by atoms with Crippen molar-refractivity contribution in [1.29, 1.82) is 0 Å². The van der Waals surface area contributed by atoms with Crippen LogP contribution in [0.2, 0.25) is 0 Å². The van der Waals surface area contributed by atoms with Crippen molar-refractivity contribution in [3.8, 4) is 0 Å². The average Bonchev–Trinajstić information content (AvgIpc) is 2.05. The van der Waals surface area contributed by atoms with Crippen LogP contribution in [0, 0.1) is 5.92 Å². The van der Waals surface area contributed by atoms with Gasteiger partial charge in [0.2, 0.25) is 0 Å². The first-order valence-electron chi connectivity index (χ1n) is 5.09. The molecule has 1 aliphatic heterocycles. The number of hydrogen-bond acceptors (Lipinski definition) is 2. The number of aliphatic hydroxyl groups is 1. The molecule has 0 aromatic heterocycles. The molecule has 0 bridgehead atoms. The Labute approximate surface area is 75.4 Å². The molecule has 1 fully saturated rings. The highest BCUT2D eigenvalue weighted by Crippen LogP contribution is 2.27. The lowest BCUT2D eigenvalue weighted by molar-refractivity contribution is -0.0101. The van der Waals surface area contributed by atoms with Crippen LogP contribution in [0.5, 0.6) is 0 Å². The van der Waals surface area contributed by atoms with Crippen molar-refractivity contribution >= 4 is 0 Å². The number of hydrogen-bond donors (Lipinski definition) is 2. The van der Waals surface area contributed by atoms with Gasteiger partial charge in [0, 0.05) is 0 Å². The van der Waals surface area contributed by atoms with E-state index in [4.69, 9.17) is 0 Å². The van der Waals surface area contributed by atoms with Gasteiger partial charge in [0.15, 0.2) is 0 Å². The molecule has 2 N–H and O–H groups in total. The summed E-state index contributed by atoms with van der Waals surface area (Å²) in [5.41, 5.74) is -0.360. The summed E-state index contributed by atoms with van der Waals surface area (Å²) in [5.74, 6) is 0.660. The second-order valence-electron chi connectivity index (χ2n) is 4.19. The number of piperidine rings is 1. The zero-order valence-corrected chi connectivity index (χ0v) is 8.27. The van der Waals surface area contributed by atoms with Crippen molar-refractivity contribution < 1.29 is 5.11 Å². The minimum atomic E-state index is -0.360. The van der Waals surface area contributed by atoms with Gasteiger partial charge >= 0.3 is 0 Å². The van der Waals surface area contributed by atoms with Crippen LogP contribution in [-0.2, 0) is 0 Å². The Morgan fingerprint density at radius 3 is 2.50 bits per heavy atom. The van der Waals surface area contributed by atoms with E-state index in [9.17, 15) is 5.11 Å². The third-order valence-corrected chi connectivity index (χ3v) is 2.96. The highest BCUT2D eigenvalue weighted by molar-refractivity contribution is 4.85. The Bertz CT molecular complexity index is 130. The Hall–Kier alpha value is -0.0800. The van der Waals surface area contributed by atoms with E-state index in [0.717, 1.165) is 32.4 Å². The first-order valence-corrected chi connectivity index (χ1v) is 5.09. The van der Waals surface area contributed by atoms with Gasteiger partial charge in [-0.1, -0.05) is 20.3 Å². The van der Waals surface area contributed by atoms with Crippen LogP contribution < -0.4 is 5.32 Å². The zero-order chi connectivity index (χ0) is 9.03. The Kier molecular flexibility index (Phi) is 3.53. The fourth-order valence-electron chi connectivity index (χ4n) is 1.89. The van der Waals surface area contributed by atoms with Gasteiger partial charge in [0.25, 0.3) is 0 Å². The summed E-state index contributed by atoms with van der Waals surface area (Å²) in [7, 11) is 0. The topological polar surface area (TPSA) is 32.3 Å². The van der Waals surface area contributed by atoms with E-state index in [-0.39, 0.29) is 5.60 Å². The summed E-state index contributed by atoms with van der Waals surface area (Å²) in [6.07, 6.45) is 4.01. The van der Waals surface area contributed by atoms with Crippen molar-refractivity contribution in [2.75, 3.05) is 13.1 Å². The Balaban J connectivity index is 2.35. The van der Waals surface area contributed by atoms with Crippen molar-refractivity contribution in [3.63, 3.8) is 0 Å². The first kappa shape index (κ1) is 10.0. The summed E-state index contributed by atoms with van der Waals surface area (Å²) in [5, 5.41) is 13.4. The molecule has 1 rings (SSSR count). The molecule has 1 aliphatic rings. The normalized spacial score (nSPS) is 25.2. The van der Waals surface area contributed by atoms with Gasteiger partial charge in [0.1, 0.15) is 0 Å². The van der Waals surface area contributed by atoms with Crippen molar-refractivity contribution in [2.45, 2.75) is 45.1 Å². The van der Waals surface area contributed by atoms with Gasteiger partial charge in [-0.25, -0.2) is 0 Å². The molecule has 0 spiro atoms. The quantitative estimate of drug-likeness (QED) is 0.675. The summed E-state index contributed by atoms with van der Waals surface area (Å²) >= 11 is 0. The van der Waals surface area contributed by atoms with Crippen molar-refractivity contribution in [1.82, 2.24) is 5.32 Å². The molecule has 1 heterocycles. The number of rotatable bonds is 3. The van der Waals surface area contributed by atoms with Gasteiger partial charge in [-0.3, -0.25) is 0 Å². The zero-order valence-electron chi connectivity index (χ0n) is 8.27. The molecule has 1 unspecified atom stereocenters. The lowest BCUT2D eigenvalue weighted by Crippen LogP contribution is -2.42. The molecule has 0 aromatic carbocycles. The van der Waals surface area contributed by atoms with Crippen LogP contribution in [0.1, 0.15) is 39.5 Å². The van der Waals surface area contributed by atoms with Gasteiger partial charge in [0.05, 0.1) is 5.60 Å². The van der Waals surface area contributed by atoms with Crippen LogP contribution in [0.15, 0.2) is 0 Å². The predicted octanol–water partition coefficient (Wildman–Crippen LogP) is 1.54. The molecule has 12 heavy (non-hydrogen) atoms. The van der Waals surface area contributed by atoms with E-state index in [0.29, 0.717) is 5.92 Å². The Morgan fingerprint density at radius 2 is 2.00 bits per heavy atom. The fraction of sp³-hybridized carbons (Fsp3) is 1.00. The van der Waals surface area contributed by atoms with Crippen LogP contribution in [0.4, 0.5) is 0 Å². The molecule has 72 valence electrons. The summed E-state index contributed by atoms with van der Waals surface area (Å²) in [6, 6.07) is 0. The van der Waals surface area contributed by atoms with Gasteiger partial charge in [-0.15, -0.1) is 0 Å². The highest BCUT2D eigenvalue weighted by Gasteiger charge is 2.29. The molecule has 2 heteroatoms. The SMILES string of the molecule is CCC(C)CC1(O)CCNCC1. The van der Waals surface area contributed by atoms with E-state index in [1.165, 1.54) is 6.42 Å². The standard InChI is InChI=1S/C10H21NO/c1-3-9(2)8-10(12)4-6-11-7-5-10/h9,11-12H,3-8H2,1-2H3. The lowest BCUT2D eigenvalue weighted by Gasteiger charge is -2.34. The monoisotopic (exact) mass is 171 g/mol. The van der Waals surface area contributed by atoms with E-state index in [2.05, 4.69) is 19.2 Å². The lowest BCUT2D eigenvalue weighted by atomic mass is 9.83. The highest BCUT2D eigenvalue weighted by atomic mass is 16.3. The Morgan fingerprint density at radius 1 is 1.42 bits per heavy atom. The second kappa shape index (κ2) is 4.24. The average molecular weight is 171 g/mol. The van der Waals surface area contributed by atoms with Gasteiger partial charge in [-0.05, 0) is 38.3 Å². The van der Waals surface area contributed by atoms with Crippen LogP contribution in [0.25, 0.3) is 0 Å². The molecule has 1 saturated heterocycles. The molecule has 1 atom stereocenters. The minimum Gasteiger partial charge on any atom is -0.390 e. The third-order valence-electron chi connectivity index (χ3n) is 2.96. The summed E-state index contributed by atoms with van der Waals surface area (Å²) in [6.45, 7) is 6.37. The maximum Gasteiger partial charge on any atom is 0.0674 e. The first-order chi connectivity index (χ1) is 5.66. The molecule has 0 aliphatic carbocycles. The van der Waals surface area contributed by atoms with E-state index < -0.39 is 0 Å². The molecular formula is C10H21NO. The molecule has 0 amide bonds. The largest absolute Gasteiger partial charge is 0.390 e. The van der Waals surface area contributed by atoms with E-state index in [1.807, 2.05) is 0 Å². The van der Waals surface area contributed by atoms with Crippen molar-refractivity contribution in [3.05, 3.63) is 0 Å². The van der Waals surface area contributed by atoms with E-state index >= 15 is 0 Å². The van der Waals surface area contributed by atoms with Crippen LogP contribution >= 0.6 is 0 Å². The molecule has 0 saturated carbocycles. The molecule has 2 nitrogen and oxygen atoms in total. The van der Waals surface area contributed by atoms with Crippen molar-refractivity contribution in [2.24, 2.45) is 5.92 Å². The van der Waals surface area contributed by atoms with Crippen LogP contribution in [-0.4, -0.2) is 23.8 Å². The maximum absolute atomic E-state index is 10.1. The van der Waals surface area contributed by atoms with E-state index in [1.54, 1.807) is 0 Å². The van der Waals surface area contributed by atoms with Crippen LogP contribution in [0.3, 0.4) is 0 Å². The molecule has 0 aromatic rings. The smallest absolute Gasteiger partial charge is 0.0674 e. The summed E-state index contributed by atoms with van der Waals surface area (Å²) < 4.78 is 0. The van der Waals surface area contributed by atoms with Gasteiger partial charge < -0.3 is 10.4 Å². The summed E-state index contributed by atoms with van der Waals surface area (Å²) in [4.78, 5) is 0.